The highest BCUT2D eigenvalue weighted by molar-refractivity contribution is 6.22. The summed E-state index contributed by atoms with van der Waals surface area (Å²) in [4.78, 5) is 38.8. The lowest BCUT2D eigenvalue weighted by Crippen LogP contribution is -2.30. The van der Waals surface area contributed by atoms with E-state index in [0.717, 1.165) is 11.1 Å². The van der Waals surface area contributed by atoms with E-state index in [1.54, 1.807) is 24.3 Å². The lowest BCUT2D eigenvalue weighted by molar-refractivity contribution is -0.122. The standard InChI is InChI=1S/C23H23N3O3/c1-14-7-8-17(13-15(14)2)25-23(29)24-16-9-11-18(12-10-16)26-21(27)19-5-3-4-6-20(19)22(26)28/h3-4,7-13,19-20H,5-6H2,1-2H3,(H2,24,25,29). The summed E-state index contributed by atoms with van der Waals surface area (Å²) in [6, 6.07) is 12.1. The first-order chi connectivity index (χ1) is 13.9. The molecule has 0 radical (unpaired) electrons. The maximum absolute atomic E-state index is 12.7. The number of hydrogen-bond acceptors (Lipinski definition) is 3. The zero-order valence-corrected chi connectivity index (χ0v) is 16.4. The van der Waals surface area contributed by atoms with Crippen molar-refractivity contribution in [1.82, 2.24) is 0 Å². The summed E-state index contributed by atoms with van der Waals surface area (Å²) in [5.41, 5.74) is 4.09. The number of aryl methyl sites for hydroxylation is 2. The van der Waals surface area contributed by atoms with E-state index in [1.807, 2.05) is 44.2 Å². The molecule has 1 aliphatic carbocycles. The molecular weight excluding hydrogens is 366 g/mol. The summed E-state index contributed by atoms with van der Waals surface area (Å²) in [6.07, 6.45) is 5.17. The van der Waals surface area contributed by atoms with Crippen LogP contribution in [0, 0.1) is 25.7 Å². The highest BCUT2D eigenvalue weighted by Crippen LogP contribution is 2.37. The molecule has 0 bridgehead atoms. The summed E-state index contributed by atoms with van der Waals surface area (Å²) in [6.45, 7) is 4.01. The Morgan fingerprint density at radius 2 is 1.38 bits per heavy atom. The number of carbonyl (C=O) groups excluding carboxylic acids is 3. The minimum atomic E-state index is -0.355. The van der Waals surface area contributed by atoms with Crippen molar-refractivity contribution in [1.29, 1.82) is 0 Å². The molecular formula is C23H23N3O3. The second-order valence-corrected chi connectivity index (χ2v) is 7.59. The van der Waals surface area contributed by atoms with E-state index in [1.165, 1.54) is 4.90 Å². The topological polar surface area (TPSA) is 78.5 Å². The van der Waals surface area contributed by atoms with Gasteiger partial charge in [-0.3, -0.25) is 14.5 Å². The Balaban J connectivity index is 1.43. The number of benzene rings is 2. The molecule has 1 saturated heterocycles. The zero-order valence-electron chi connectivity index (χ0n) is 16.4. The molecule has 2 aromatic rings. The van der Waals surface area contributed by atoms with Gasteiger partial charge in [-0.1, -0.05) is 18.2 Å². The average Bonchev–Trinajstić information content (AvgIpc) is 2.96. The fourth-order valence-electron chi connectivity index (χ4n) is 3.86. The molecule has 1 fully saturated rings. The van der Waals surface area contributed by atoms with Gasteiger partial charge in [0, 0.05) is 11.4 Å². The summed E-state index contributed by atoms with van der Waals surface area (Å²) < 4.78 is 0. The van der Waals surface area contributed by atoms with Gasteiger partial charge in [-0.2, -0.15) is 0 Å². The van der Waals surface area contributed by atoms with Crippen molar-refractivity contribution in [3.63, 3.8) is 0 Å². The number of carbonyl (C=O) groups is 3. The second kappa shape index (κ2) is 7.54. The SMILES string of the molecule is Cc1ccc(NC(=O)Nc2ccc(N3C(=O)C4CC=CCC4C3=O)cc2)cc1C. The highest BCUT2D eigenvalue weighted by Gasteiger charge is 2.47. The molecule has 0 spiro atoms. The maximum Gasteiger partial charge on any atom is 0.323 e. The van der Waals surface area contributed by atoms with Crippen molar-refractivity contribution >= 4 is 34.9 Å². The molecule has 6 nitrogen and oxygen atoms in total. The van der Waals surface area contributed by atoms with E-state index in [0.29, 0.717) is 29.9 Å². The Labute approximate surface area is 169 Å². The largest absolute Gasteiger partial charge is 0.323 e. The minimum absolute atomic E-state index is 0.141. The van der Waals surface area contributed by atoms with Crippen LogP contribution < -0.4 is 15.5 Å². The number of fused-ring (bicyclic) bond motifs is 1. The molecule has 2 aliphatic rings. The van der Waals surface area contributed by atoms with Crippen LogP contribution in [0.15, 0.2) is 54.6 Å². The third-order valence-corrected chi connectivity index (χ3v) is 5.66. The van der Waals surface area contributed by atoms with Crippen LogP contribution in [0.3, 0.4) is 0 Å². The highest BCUT2D eigenvalue weighted by atomic mass is 16.2. The van der Waals surface area contributed by atoms with E-state index in [-0.39, 0.29) is 29.7 Å². The Morgan fingerprint density at radius 3 is 1.97 bits per heavy atom. The van der Waals surface area contributed by atoms with Gasteiger partial charge in [0.25, 0.3) is 0 Å². The van der Waals surface area contributed by atoms with Crippen LogP contribution in [-0.2, 0) is 9.59 Å². The predicted octanol–water partition coefficient (Wildman–Crippen LogP) is 4.40. The monoisotopic (exact) mass is 389 g/mol. The van der Waals surface area contributed by atoms with Crippen molar-refractivity contribution in [2.75, 3.05) is 15.5 Å². The van der Waals surface area contributed by atoms with Crippen molar-refractivity contribution in [3.05, 3.63) is 65.7 Å². The van der Waals surface area contributed by atoms with Gasteiger partial charge in [-0.05, 0) is 74.2 Å². The van der Waals surface area contributed by atoms with E-state index < -0.39 is 0 Å². The maximum atomic E-state index is 12.7. The number of rotatable bonds is 3. The Kier molecular flexibility index (Phi) is 4.92. The number of urea groups is 1. The molecule has 1 heterocycles. The molecule has 6 heteroatoms. The third kappa shape index (κ3) is 3.66. The lowest BCUT2D eigenvalue weighted by Gasteiger charge is -2.15. The normalized spacial score (nSPS) is 20.6. The first kappa shape index (κ1) is 18.9. The number of anilines is 3. The molecule has 2 aromatic carbocycles. The summed E-state index contributed by atoms with van der Waals surface area (Å²) in [5.74, 6) is -0.793. The molecule has 148 valence electrons. The molecule has 4 amide bonds. The predicted molar refractivity (Wildman–Crippen MR) is 113 cm³/mol. The molecule has 2 unspecified atom stereocenters. The summed E-state index contributed by atoms with van der Waals surface area (Å²) in [5, 5.41) is 5.57. The number of allylic oxidation sites excluding steroid dienone is 2. The molecule has 2 atom stereocenters. The van der Waals surface area contributed by atoms with Gasteiger partial charge >= 0.3 is 6.03 Å². The van der Waals surface area contributed by atoms with Crippen LogP contribution in [0.4, 0.5) is 21.9 Å². The Hall–Kier alpha value is -3.41. The molecule has 2 N–H and O–H groups in total. The first-order valence-electron chi connectivity index (χ1n) is 9.72. The van der Waals surface area contributed by atoms with Crippen LogP contribution in [0.2, 0.25) is 0 Å². The summed E-state index contributed by atoms with van der Waals surface area (Å²) >= 11 is 0. The Bertz CT molecular complexity index is 985. The van der Waals surface area contributed by atoms with E-state index in [2.05, 4.69) is 10.6 Å². The number of nitrogens with one attached hydrogen (secondary N) is 2. The zero-order chi connectivity index (χ0) is 20.5. The molecule has 4 rings (SSSR count). The number of amides is 4. The smallest absolute Gasteiger partial charge is 0.308 e. The quantitative estimate of drug-likeness (QED) is 0.603. The first-order valence-corrected chi connectivity index (χ1v) is 9.72. The van der Waals surface area contributed by atoms with E-state index >= 15 is 0 Å². The third-order valence-electron chi connectivity index (χ3n) is 5.66. The molecule has 0 aromatic heterocycles. The van der Waals surface area contributed by atoms with Crippen molar-refractivity contribution in [2.45, 2.75) is 26.7 Å². The van der Waals surface area contributed by atoms with Gasteiger partial charge in [0.1, 0.15) is 0 Å². The fraction of sp³-hybridized carbons (Fsp3) is 0.261. The van der Waals surface area contributed by atoms with Crippen LogP contribution in [0.25, 0.3) is 0 Å². The van der Waals surface area contributed by atoms with Crippen LogP contribution >= 0.6 is 0 Å². The van der Waals surface area contributed by atoms with Crippen molar-refractivity contribution in [2.24, 2.45) is 11.8 Å². The van der Waals surface area contributed by atoms with Gasteiger partial charge in [-0.25, -0.2) is 4.79 Å². The van der Waals surface area contributed by atoms with Crippen LogP contribution in [0.1, 0.15) is 24.0 Å². The number of nitrogens with zero attached hydrogens (tertiary/aromatic N) is 1. The van der Waals surface area contributed by atoms with E-state index in [9.17, 15) is 14.4 Å². The minimum Gasteiger partial charge on any atom is -0.308 e. The fourth-order valence-corrected chi connectivity index (χ4v) is 3.86. The van der Waals surface area contributed by atoms with Gasteiger partial charge in [0.05, 0.1) is 17.5 Å². The van der Waals surface area contributed by atoms with Crippen LogP contribution in [0.5, 0.6) is 0 Å². The molecule has 1 aliphatic heterocycles. The summed E-state index contributed by atoms with van der Waals surface area (Å²) in [7, 11) is 0. The number of imide groups is 1. The Morgan fingerprint density at radius 1 is 0.828 bits per heavy atom. The van der Waals surface area contributed by atoms with Gasteiger partial charge in [-0.15, -0.1) is 0 Å². The molecule has 29 heavy (non-hydrogen) atoms. The second-order valence-electron chi connectivity index (χ2n) is 7.59. The average molecular weight is 389 g/mol. The number of hydrogen-bond donors (Lipinski definition) is 2. The lowest BCUT2D eigenvalue weighted by atomic mass is 9.85. The van der Waals surface area contributed by atoms with Crippen LogP contribution in [-0.4, -0.2) is 17.8 Å². The van der Waals surface area contributed by atoms with Gasteiger partial charge < -0.3 is 10.6 Å². The van der Waals surface area contributed by atoms with E-state index in [4.69, 9.17) is 0 Å². The van der Waals surface area contributed by atoms with Crippen molar-refractivity contribution < 1.29 is 14.4 Å². The molecule has 0 saturated carbocycles. The van der Waals surface area contributed by atoms with Gasteiger partial charge in [0.2, 0.25) is 11.8 Å². The van der Waals surface area contributed by atoms with Crippen molar-refractivity contribution in [3.8, 4) is 0 Å². The van der Waals surface area contributed by atoms with Gasteiger partial charge in [0.15, 0.2) is 0 Å².